The summed E-state index contributed by atoms with van der Waals surface area (Å²) in [7, 11) is 2.23. The Kier molecular flexibility index (Phi) is 5.72. The SMILES string of the molecule is C[N+](C)(c1ccccc1)c1ccccc1.OB(O)O. The van der Waals surface area contributed by atoms with E-state index in [2.05, 4.69) is 74.8 Å². The van der Waals surface area contributed by atoms with E-state index in [9.17, 15) is 0 Å². The average Bonchev–Trinajstić information content (AvgIpc) is 2.40. The number of nitrogens with zero attached hydrogens (tertiary/aromatic N) is 1. The van der Waals surface area contributed by atoms with E-state index in [-0.39, 0.29) is 0 Å². The number of quaternary nitrogens is 1. The molecule has 0 atom stereocenters. The van der Waals surface area contributed by atoms with Crippen LogP contribution in [0.15, 0.2) is 60.7 Å². The largest absolute Gasteiger partial charge is 0.631 e. The maximum atomic E-state index is 7.17. The minimum absolute atomic E-state index is 0.779. The molecule has 0 bridgehead atoms. The first-order valence-corrected chi connectivity index (χ1v) is 5.94. The normalized spacial score (nSPS) is 10.4. The quantitative estimate of drug-likeness (QED) is 0.567. The summed E-state index contributed by atoms with van der Waals surface area (Å²) in [6.07, 6.45) is 0. The van der Waals surface area contributed by atoms with Crippen molar-refractivity contribution in [3.05, 3.63) is 60.7 Å². The van der Waals surface area contributed by atoms with Crippen LogP contribution in [0.4, 0.5) is 11.4 Å². The van der Waals surface area contributed by atoms with Gasteiger partial charge in [0.15, 0.2) is 0 Å². The molecule has 19 heavy (non-hydrogen) atoms. The summed E-state index contributed by atoms with van der Waals surface area (Å²) in [6.45, 7) is 0. The van der Waals surface area contributed by atoms with Gasteiger partial charge in [-0.2, -0.15) is 0 Å². The summed E-state index contributed by atoms with van der Waals surface area (Å²) in [4.78, 5) is 0. The van der Waals surface area contributed by atoms with Crippen molar-refractivity contribution in [2.24, 2.45) is 0 Å². The fourth-order valence-corrected chi connectivity index (χ4v) is 1.75. The van der Waals surface area contributed by atoms with Crippen LogP contribution < -0.4 is 4.48 Å². The highest BCUT2D eigenvalue weighted by Gasteiger charge is 2.20. The highest BCUT2D eigenvalue weighted by Crippen LogP contribution is 2.29. The molecular formula is C14H19BNO3+. The van der Waals surface area contributed by atoms with Crippen molar-refractivity contribution in [1.29, 1.82) is 0 Å². The number of hydrogen-bond acceptors (Lipinski definition) is 3. The number of rotatable bonds is 2. The van der Waals surface area contributed by atoms with Gasteiger partial charge in [0.05, 0.1) is 14.1 Å². The molecule has 0 aliphatic heterocycles. The third-order valence-electron chi connectivity index (χ3n) is 2.80. The first-order chi connectivity index (χ1) is 8.94. The van der Waals surface area contributed by atoms with Crippen LogP contribution in [-0.4, -0.2) is 36.5 Å². The van der Waals surface area contributed by atoms with Crippen LogP contribution in [0.25, 0.3) is 0 Å². The highest BCUT2D eigenvalue weighted by molar-refractivity contribution is 6.30. The van der Waals surface area contributed by atoms with Gasteiger partial charge in [-0.25, -0.2) is 0 Å². The Morgan fingerprint density at radius 2 is 0.947 bits per heavy atom. The van der Waals surface area contributed by atoms with Crippen LogP contribution in [0.3, 0.4) is 0 Å². The van der Waals surface area contributed by atoms with Gasteiger partial charge in [-0.1, -0.05) is 36.4 Å². The average molecular weight is 260 g/mol. The molecule has 0 aliphatic rings. The van der Waals surface area contributed by atoms with E-state index < -0.39 is 7.32 Å². The molecule has 4 nitrogen and oxygen atoms in total. The zero-order valence-electron chi connectivity index (χ0n) is 11.1. The molecule has 2 aromatic rings. The molecule has 2 rings (SSSR count). The van der Waals surface area contributed by atoms with Crippen LogP contribution in [0.1, 0.15) is 0 Å². The Morgan fingerprint density at radius 1 is 0.684 bits per heavy atom. The van der Waals surface area contributed by atoms with E-state index in [0.717, 1.165) is 4.48 Å². The molecule has 3 N–H and O–H groups in total. The number of hydrogen-bond donors (Lipinski definition) is 3. The van der Waals surface area contributed by atoms with E-state index in [0.29, 0.717) is 0 Å². The lowest BCUT2D eigenvalue weighted by Crippen LogP contribution is -2.33. The summed E-state index contributed by atoms with van der Waals surface area (Å²) in [5.74, 6) is 0. The van der Waals surface area contributed by atoms with Crippen LogP contribution in [-0.2, 0) is 0 Å². The molecule has 0 aliphatic carbocycles. The predicted octanol–water partition coefficient (Wildman–Crippen LogP) is 1.53. The Morgan fingerprint density at radius 3 is 1.21 bits per heavy atom. The standard InChI is InChI=1S/C14H16N.BH3O3/c1-15(2,13-9-5-3-6-10-13)14-11-7-4-8-12-14;2-1(3)4/h3-12H,1-2H3;2-4H/q+1;. The lowest BCUT2D eigenvalue weighted by molar-refractivity contribution is 0.278. The van der Waals surface area contributed by atoms with E-state index >= 15 is 0 Å². The van der Waals surface area contributed by atoms with E-state index in [1.807, 2.05) is 0 Å². The van der Waals surface area contributed by atoms with E-state index in [1.165, 1.54) is 11.4 Å². The van der Waals surface area contributed by atoms with Crippen LogP contribution >= 0.6 is 0 Å². The molecule has 5 heteroatoms. The van der Waals surface area contributed by atoms with Crippen LogP contribution in [0.2, 0.25) is 0 Å². The van der Waals surface area contributed by atoms with Gasteiger partial charge in [0, 0.05) is 0 Å². The molecule has 0 saturated heterocycles. The van der Waals surface area contributed by atoms with Crippen molar-refractivity contribution in [2.45, 2.75) is 0 Å². The zero-order chi connectivity index (χ0) is 14.3. The van der Waals surface area contributed by atoms with Gasteiger partial charge in [-0.3, -0.25) is 4.48 Å². The van der Waals surface area contributed by atoms with Gasteiger partial charge in [0.1, 0.15) is 11.4 Å². The predicted molar refractivity (Wildman–Crippen MR) is 78.6 cm³/mol. The number of para-hydroxylation sites is 2. The first-order valence-electron chi connectivity index (χ1n) is 5.94. The second-order valence-corrected chi connectivity index (χ2v) is 4.47. The molecule has 100 valence electrons. The van der Waals surface area contributed by atoms with Gasteiger partial charge in [-0.05, 0) is 24.3 Å². The molecule has 0 fully saturated rings. The minimum atomic E-state index is -2.17. The summed E-state index contributed by atoms with van der Waals surface area (Å²) < 4.78 is 0.779. The third-order valence-corrected chi connectivity index (χ3v) is 2.80. The van der Waals surface area contributed by atoms with Crippen molar-refractivity contribution in [3.63, 3.8) is 0 Å². The molecule has 0 saturated carbocycles. The fraction of sp³-hybridized carbons (Fsp3) is 0.143. The van der Waals surface area contributed by atoms with E-state index in [4.69, 9.17) is 15.1 Å². The van der Waals surface area contributed by atoms with Gasteiger partial charge in [-0.15, -0.1) is 0 Å². The Balaban J connectivity index is 0.000000399. The van der Waals surface area contributed by atoms with Crippen molar-refractivity contribution in [3.8, 4) is 0 Å². The Labute approximate surface area is 114 Å². The monoisotopic (exact) mass is 260 g/mol. The lowest BCUT2D eigenvalue weighted by Gasteiger charge is -2.28. The van der Waals surface area contributed by atoms with Gasteiger partial charge in [0.25, 0.3) is 0 Å². The molecular weight excluding hydrogens is 241 g/mol. The molecule has 0 aromatic heterocycles. The smallest absolute Gasteiger partial charge is 0.402 e. The van der Waals surface area contributed by atoms with Gasteiger partial charge >= 0.3 is 7.32 Å². The Bertz CT molecular complexity index is 430. The van der Waals surface area contributed by atoms with Crippen molar-refractivity contribution in [2.75, 3.05) is 14.1 Å². The highest BCUT2D eigenvalue weighted by atomic mass is 16.5. The molecule has 2 aromatic carbocycles. The summed E-state index contributed by atoms with van der Waals surface area (Å²) in [6, 6.07) is 21.1. The second-order valence-electron chi connectivity index (χ2n) is 4.47. The molecule has 0 radical (unpaired) electrons. The zero-order valence-corrected chi connectivity index (χ0v) is 11.1. The fourth-order valence-electron chi connectivity index (χ4n) is 1.75. The topological polar surface area (TPSA) is 60.7 Å². The maximum absolute atomic E-state index is 7.17. The lowest BCUT2D eigenvalue weighted by atomic mass is 10.2. The van der Waals surface area contributed by atoms with E-state index in [1.54, 1.807) is 0 Å². The van der Waals surface area contributed by atoms with Crippen molar-refractivity contribution < 1.29 is 15.1 Å². The van der Waals surface area contributed by atoms with Gasteiger partial charge in [0.2, 0.25) is 0 Å². The minimum Gasteiger partial charge on any atom is -0.402 e. The second kappa shape index (κ2) is 7.06. The molecule has 0 spiro atoms. The van der Waals surface area contributed by atoms with Crippen LogP contribution in [0, 0.1) is 0 Å². The summed E-state index contributed by atoms with van der Waals surface area (Å²) in [5.41, 5.74) is 2.59. The van der Waals surface area contributed by atoms with Crippen molar-refractivity contribution in [1.82, 2.24) is 4.48 Å². The van der Waals surface area contributed by atoms with Crippen molar-refractivity contribution >= 4 is 18.7 Å². The molecule has 0 heterocycles. The molecule has 0 amide bonds. The first kappa shape index (κ1) is 15.4. The van der Waals surface area contributed by atoms with Gasteiger partial charge < -0.3 is 15.1 Å². The van der Waals surface area contributed by atoms with Crippen LogP contribution in [0.5, 0.6) is 0 Å². The third kappa shape index (κ3) is 4.85. The molecule has 0 unspecified atom stereocenters. The summed E-state index contributed by atoms with van der Waals surface area (Å²) >= 11 is 0. The number of benzene rings is 2. The Hall–Kier alpha value is -1.66. The summed E-state index contributed by atoms with van der Waals surface area (Å²) in [5, 5.41) is 21.5. The maximum Gasteiger partial charge on any atom is 0.631 e.